The lowest BCUT2D eigenvalue weighted by atomic mass is 10.2. The molecule has 1 heterocycles. The molecule has 2 rings (SSSR count). The second kappa shape index (κ2) is 5.73. The summed E-state index contributed by atoms with van der Waals surface area (Å²) in [7, 11) is 0. The highest BCUT2D eigenvalue weighted by Gasteiger charge is 2.18. The number of benzene rings is 1. The summed E-state index contributed by atoms with van der Waals surface area (Å²) < 4.78 is 1.68. The molecule has 20 heavy (non-hydrogen) atoms. The number of nitrogens with one attached hydrogen (secondary N) is 1. The number of carboxylic acid groups (broad SMARTS) is 1. The molecule has 0 unspecified atom stereocenters. The van der Waals surface area contributed by atoms with Gasteiger partial charge >= 0.3 is 5.97 Å². The van der Waals surface area contributed by atoms with Crippen molar-refractivity contribution in [1.82, 2.24) is 14.9 Å². The van der Waals surface area contributed by atoms with Gasteiger partial charge in [0.25, 0.3) is 0 Å². The summed E-state index contributed by atoms with van der Waals surface area (Å²) in [6, 6.07) is 4.95. The Balaban J connectivity index is 2.60. The fraction of sp³-hybridized carbons (Fsp3) is 0.357. The molecule has 106 valence electrons. The summed E-state index contributed by atoms with van der Waals surface area (Å²) in [5, 5.41) is 12.0. The predicted octanol–water partition coefficient (Wildman–Crippen LogP) is 1.43. The predicted molar refractivity (Wildman–Crippen MR) is 74.8 cm³/mol. The van der Waals surface area contributed by atoms with Crippen LogP contribution < -0.4 is 5.32 Å². The number of hydrogen-bond acceptors (Lipinski definition) is 3. The number of imidazole rings is 1. The number of carboxylic acids is 1. The molecular weight excluding hydrogens is 258 g/mol. The number of aromatic nitrogens is 2. The number of likely N-dealkylation sites (N-methyl/N-ethyl adjacent to an activating group) is 1. The van der Waals surface area contributed by atoms with Crippen molar-refractivity contribution in [3.05, 3.63) is 29.6 Å². The molecule has 0 atom stereocenters. The van der Waals surface area contributed by atoms with Crippen molar-refractivity contribution < 1.29 is 14.7 Å². The zero-order valence-corrected chi connectivity index (χ0v) is 11.5. The fourth-order valence-corrected chi connectivity index (χ4v) is 2.24. The van der Waals surface area contributed by atoms with Crippen LogP contribution in [0.4, 0.5) is 0 Å². The van der Waals surface area contributed by atoms with Gasteiger partial charge in [0.1, 0.15) is 12.4 Å². The van der Waals surface area contributed by atoms with Crippen molar-refractivity contribution in [3.8, 4) is 0 Å². The van der Waals surface area contributed by atoms with E-state index in [-0.39, 0.29) is 18.0 Å². The molecule has 0 saturated carbocycles. The average molecular weight is 275 g/mol. The van der Waals surface area contributed by atoms with Gasteiger partial charge in [0.15, 0.2) is 0 Å². The molecule has 6 heteroatoms. The number of rotatable bonds is 5. The van der Waals surface area contributed by atoms with Crippen molar-refractivity contribution in [2.24, 2.45) is 0 Å². The van der Waals surface area contributed by atoms with Crippen LogP contribution in [0.1, 0.15) is 30.0 Å². The molecule has 2 aromatic rings. The van der Waals surface area contributed by atoms with Crippen molar-refractivity contribution in [2.75, 3.05) is 6.54 Å². The van der Waals surface area contributed by atoms with Crippen LogP contribution in [0.5, 0.6) is 0 Å². The summed E-state index contributed by atoms with van der Waals surface area (Å²) >= 11 is 0. The van der Waals surface area contributed by atoms with Crippen molar-refractivity contribution >= 4 is 22.9 Å². The zero-order valence-electron chi connectivity index (χ0n) is 11.5. The Morgan fingerprint density at radius 2 is 2.10 bits per heavy atom. The smallest absolute Gasteiger partial charge is 0.337 e. The molecule has 0 aliphatic carbocycles. The number of fused-ring (bicyclic) bond motifs is 1. The number of nitrogens with zero attached hydrogens (tertiary/aromatic N) is 2. The monoisotopic (exact) mass is 275 g/mol. The Morgan fingerprint density at radius 1 is 1.35 bits per heavy atom. The maximum Gasteiger partial charge on any atom is 0.337 e. The van der Waals surface area contributed by atoms with E-state index in [2.05, 4.69) is 10.3 Å². The highest BCUT2D eigenvalue weighted by molar-refractivity contribution is 6.01. The van der Waals surface area contributed by atoms with Gasteiger partial charge < -0.3 is 15.0 Å². The molecule has 0 spiro atoms. The van der Waals surface area contributed by atoms with Crippen LogP contribution in [-0.2, 0) is 17.8 Å². The number of carbonyl (C=O) groups excluding carboxylic acids is 1. The quantitative estimate of drug-likeness (QED) is 0.864. The van der Waals surface area contributed by atoms with E-state index >= 15 is 0 Å². The number of carbonyl (C=O) groups is 2. The standard InChI is InChI=1S/C14H17N3O3/c1-3-11-16-10-7-5-6-9(14(19)20)13(10)17(11)8-12(18)15-4-2/h5-7H,3-4,8H2,1-2H3,(H,15,18)(H,19,20). The second-order valence-electron chi connectivity index (χ2n) is 4.40. The molecule has 0 aliphatic heterocycles. The number of para-hydroxylation sites is 1. The first-order valence-corrected chi connectivity index (χ1v) is 6.56. The van der Waals surface area contributed by atoms with Crippen molar-refractivity contribution in [3.63, 3.8) is 0 Å². The summed E-state index contributed by atoms with van der Waals surface area (Å²) in [4.78, 5) is 27.5. The fourth-order valence-electron chi connectivity index (χ4n) is 2.24. The van der Waals surface area contributed by atoms with Crippen LogP contribution in [-0.4, -0.2) is 33.1 Å². The van der Waals surface area contributed by atoms with Crippen LogP contribution in [0, 0.1) is 0 Å². The Hall–Kier alpha value is -2.37. The molecule has 0 aliphatic rings. The van der Waals surface area contributed by atoms with Crippen LogP contribution >= 0.6 is 0 Å². The summed E-state index contributed by atoms with van der Waals surface area (Å²) in [5.74, 6) is -0.461. The minimum Gasteiger partial charge on any atom is -0.478 e. The lowest BCUT2D eigenvalue weighted by molar-refractivity contribution is -0.121. The Morgan fingerprint density at radius 3 is 2.70 bits per heavy atom. The van der Waals surface area contributed by atoms with E-state index in [1.54, 1.807) is 16.7 Å². The lowest BCUT2D eigenvalue weighted by Crippen LogP contribution is -2.28. The second-order valence-corrected chi connectivity index (χ2v) is 4.40. The van der Waals surface area contributed by atoms with Gasteiger partial charge in [-0.1, -0.05) is 13.0 Å². The van der Waals surface area contributed by atoms with E-state index in [1.165, 1.54) is 6.07 Å². The average Bonchev–Trinajstić information content (AvgIpc) is 2.76. The molecule has 2 N–H and O–H groups in total. The maximum absolute atomic E-state index is 11.8. The number of aryl methyl sites for hydroxylation is 1. The molecule has 1 aromatic carbocycles. The van der Waals surface area contributed by atoms with Gasteiger partial charge in [-0.2, -0.15) is 0 Å². The third-order valence-corrected chi connectivity index (χ3v) is 3.07. The minimum absolute atomic E-state index is 0.0812. The van der Waals surface area contributed by atoms with E-state index in [9.17, 15) is 14.7 Å². The largest absolute Gasteiger partial charge is 0.478 e. The summed E-state index contributed by atoms with van der Waals surface area (Å²) in [5.41, 5.74) is 1.27. The lowest BCUT2D eigenvalue weighted by Gasteiger charge is -2.09. The topological polar surface area (TPSA) is 84.2 Å². The molecule has 0 fully saturated rings. The van der Waals surface area contributed by atoms with E-state index in [4.69, 9.17) is 0 Å². The molecule has 6 nitrogen and oxygen atoms in total. The Kier molecular flexibility index (Phi) is 4.02. The zero-order chi connectivity index (χ0) is 14.7. The van der Waals surface area contributed by atoms with E-state index < -0.39 is 5.97 Å². The number of hydrogen-bond donors (Lipinski definition) is 2. The highest BCUT2D eigenvalue weighted by Crippen LogP contribution is 2.21. The van der Waals surface area contributed by atoms with Crippen LogP contribution in [0.3, 0.4) is 0 Å². The van der Waals surface area contributed by atoms with Gasteiger partial charge in [-0.3, -0.25) is 4.79 Å². The van der Waals surface area contributed by atoms with E-state index in [1.807, 2.05) is 13.8 Å². The molecule has 0 bridgehead atoms. The van der Waals surface area contributed by atoms with E-state index in [0.29, 0.717) is 29.8 Å². The molecular formula is C14H17N3O3. The molecule has 1 aromatic heterocycles. The van der Waals surface area contributed by atoms with Crippen LogP contribution in [0.2, 0.25) is 0 Å². The van der Waals surface area contributed by atoms with Crippen molar-refractivity contribution in [2.45, 2.75) is 26.8 Å². The van der Waals surface area contributed by atoms with Gasteiger partial charge in [0.05, 0.1) is 16.6 Å². The summed E-state index contributed by atoms with van der Waals surface area (Å²) in [6.45, 7) is 4.39. The minimum atomic E-state index is -1.02. The summed E-state index contributed by atoms with van der Waals surface area (Å²) in [6.07, 6.45) is 0.632. The first kappa shape index (κ1) is 14.0. The van der Waals surface area contributed by atoms with Gasteiger partial charge in [0, 0.05) is 13.0 Å². The normalized spacial score (nSPS) is 10.7. The van der Waals surface area contributed by atoms with Gasteiger partial charge in [-0.25, -0.2) is 9.78 Å². The van der Waals surface area contributed by atoms with Gasteiger partial charge in [0.2, 0.25) is 5.91 Å². The number of aromatic carboxylic acids is 1. The van der Waals surface area contributed by atoms with Crippen LogP contribution in [0.15, 0.2) is 18.2 Å². The van der Waals surface area contributed by atoms with Gasteiger partial charge in [-0.05, 0) is 19.1 Å². The maximum atomic E-state index is 11.8. The first-order valence-electron chi connectivity index (χ1n) is 6.56. The third kappa shape index (κ3) is 2.49. The molecule has 0 saturated heterocycles. The third-order valence-electron chi connectivity index (χ3n) is 3.07. The highest BCUT2D eigenvalue weighted by atomic mass is 16.4. The SMILES string of the molecule is CCNC(=O)Cn1c(CC)nc2cccc(C(=O)O)c21. The van der Waals surface area contributed by atoms with E-state index in [0.717, 1.165) is 0 Å². The Labute approximate surface area is 116 Å². The van der Waals surface area contributed by atoms with Crippen molar-refractivity contribution in [1.29, 1.82) is 0 Å². The Bertz CT molecular complexity index is 661. The number of amides is 1. The molecule has 0 radical (unpaired) electrons. The molecule has 1 amide bonds. The van der Waals surface area contributed by atoms with Crippen LogP contribution in [0.25, 0.3) is 11.0 Å². The first-order chi connectivity index (χ1) is 9.58. The van der Waals surface area contributed by atoms with Gasteiger partial charge in [-0.15, -0.1) is 0 Å².